The maximum Gasteiger partial charge on any atom is 0.294 e. The number of hydrogen-bond acceptors (Lipinski definition) is 8. The van der Waals surface area contributed by atoms with Gasteiger partial charge >= 0.3 is 0 Å². The molecule has 0 aliphatic rings. The minimum absolute atomic E-state index is 0.0387. The second kappa shape index (κ2) is 10.5. The first kappa shape index (κ1) is 26.2. The van der Waals surface area contributed by atoms with Crippen molar-refractivity contribution in [3.8, 4) is 11.5 Å². The molecule has 13 heteroatoms. The summed E-state index contributed by atoms with van der Waals surface area (Å²) in [5.41, 5.74) is 6.79. The zero-order valence-electron chi connectivity index (χ0n) is 18.6. The molecule has 3 rings (SSSR count). The number of nitrogens with one attached hydrogen (secondary N) is 1. The zero-order valence-corrected chi connectivity index (χ0v) is 20.2. The first-order valence-corrected chi connectivity index (χ1v) is 13.3. The Kier molecular flexibility index (Phi) is 7.85. The average molecular weight is 525 g/mol. The maximum atomic E-state index is 12.7. The highest BCUT2D eigenvalue weighted by molar-refractivity contribution is 7.86. The average Bonchev–Trinajstić information content (AvgIpc) is 2.77. The van der Waals surface area contributed by atoms with E-state index in [-0.39, 0.29) is 30.8 Å². The Bertz CT molecular complexity index is 1470. The van der Waals surface area contributed by atoms with Crippen molar-refractivity contribution < 1.29 is 40.2 Å². The van der Waals surface area contributed by atoms with Crippen LogP contribution in [-0.2, 0) is 20.2 Å². The highest BCUT2D eigenvalue weighted by Gasteiger charge is 2.16. The number of nitrogens with two attached hydrogens (primary N) is 1. The first-order valence-electron chi connectivity index (χ1n) is 10.3. The van der Waals surface area contributed by atoms with Crippen molar-refractivity contribution >= 4 is 48.3 Å². The fourth-order valence-corrected chi connectivity index (χ4v) is 4.38. The fraction of sp³-hybridized carbons (Fsp3) is 0.227. The lowest BCUT2D eigenvalue weighted by molar-refractivity contribution is 0.102. The monoisotopic (exact) mass is 524 g/mol. The van der Waals surface area contributed by atoms with Crippen LogP contribution in [0.25, 0.3) is 10.8 Å². The number of ether oxygens (including phenoxy) is 2. The van der Waals surface area contributed by atoms with Crippen molar-refractivity contribution in [3.63, 3.8) is 0 Å². The van der Waals surface area contributed by atoms with E-state index in [0.717, 1.165) is 6.07 Å². The number of nitrogen functional groups attached to an aromatic ring is 1. The van der Waals surface area contributed by atoms with Crippen LogP contribution in [0.5, 0.6) is 11.5 Å². The number of rotatable bonds is 10. The number of carbonyl (C=O) groups excluding carboxylic acids is 1. The van der Waals surface area contributed by atoms with Crippen molar-refractivity contribution in [2.75, 3.05) is 30.5 Å². The molecule has 0 aromatic heterocycles. The molecular formula is C22H24N2O9S2. The number of fused-ring (bicyclic) bond motifs is 1. The van der Waals surface area contributed by atoms with E-state index in [0.29, 0.717) is 27.9 Å². The molecule has 0 radical (unpaired) electrons. The molecule has 0 bridgehead atoms. The van der Waals surface area contributed by atoms with E-state index < -0.39 is 36.8 Å². The lowest BCUT2D eigenvalue weighted by atomic mass is 10.1. The topological polar surface area (TPSA) is 182 Å². The Morgan fingerprint density at radius 1 is 0.971 bits per heavy atom. The predicted octanol–water partition coefficient (Wildman–Crippen LogP) is 2.98. The molecule has 35 heavy (non-hydrogen) atoms. The van der Waals surface area contributed by atoms with Gasteiger partial charge in [0.25, 0.3) is 26.1 Å². The van der Waals surface area contributed by atoms with E-state index >= 15 is 0 Å². The summed E-state index contributed by atoms with van der Waals surface area (Å²) < 4.78 is 74.3. The molecule has 1 amide bonds. The summed E-state index contributed by atoms with van der Waals surface area (Å²) in [6.45, 7) is 0.0387. The van der Waals surface area contributed by atoms with Crippen LogP contribution in [0.3, 0.4) is 0 Å². The highest BCUT2D eigenvalue weighted by atomic mass is 32.2. The van der Waals surface area contributed by atoms with E-state index in [9.17, 15) is 26.2 Å². The standard InChI is InChI=1S/C22H24N2O9S2/c1-32-21-12-14(4-7-19(21)23)22(25)24-16-5-6-18-15(10-16)11-17(35(29,30)31)13-20(18)33-8-2-3-9-34(26,27)28/h4-7,10-13H,2-3,8-9,23H2,1H3,(H,24,25)(H,26,27,28)(H,29,30,31). The Hall–Kier alpha value is -3.39. The van der Waals surface area contributed by atoms with Crippen LogP contribution in [0.4, 0.5) is 11.4 Å². The van der Waals surface area contributed by atoms with Crippen LogP contribution < -0.4 is 20.5 Å². The summed E-state index contributed by atoms with van der Waals surface area (Å²) >= 11 is 0. The third kappa shape index (κ3) is 7.05. The maximum absolute atomic E-state index is 12.7. The summed E-state index contributed by atoms with van der Waals surface area (Å²) in [7, 11) is -7.23. The van der Waals surface area contributed by atoms with Gasteiger partial charge in [0, 0.05) is 22.7 Å². The predicted molar refractivity (Wildman–Crippen MR) is 130 cm³/mol. The molecule has 0 heterocycles. The molecule has 0 aliphatic carbocycles. The zero-order chi connectivity index (χ0) is 25.8. The number of methoxy groups -OCH3 is 1. The molecule has 0 saturated heterocycles. The van der Waals surface area contributed by atoms with Crippen LogP contribution in [0.15, 0.2) is 53.4 Å². The van der Waals surface area contributed by atoms with Crippen molar-refractivity contribution in [3.05, 3.63) is 54.1 Å². The highest BCUT2D eigenvalue weighted by Crippen LogP contribution is 2.32. The van der Waals surface area contributed by atoms with E-state index in [1.165, 1.54) is 37.4 Å². The number of anilines is 2. The molecule has 5 N–H and O–H groups in total. The minimum atomic E-state index is -4.57. The third-order valence-electron chi connectivity index (χ3n) is 4.99. The summed E-state index contributed by atoms with van der Waals surface area (Å²) in [5.74, 6) is -0.398. The smallest absolute Gasteiger partial charge is 0.294 e. The van der Waals surface area contributed by atoms with Gasteiger partial charge in [-0.1, -0.05) is 0 Å². The SMILES string of the molecule is COc1cc(C(=O)Nc2ccc3c(OCCCCS(=O)(=O)O)cc(S(=O)(=O)O)cc3c2)ccc1N. The molecule has 0 spiro atoms. The molecule has 188 valence electrons. The molecule has 3 aromatic rings. The van der Waals surface area contributed by atoms with Gasteiger partial charge in [0.1, 0.15) is 11.5 Å². The van der Waals surface area contributed by atoms with Gasteiger partial charge in [0.2, 0.25) is 0 Å². The molecule has 3 aromatic carbocycles. The Morgan fingerprint density at radius 2 is 1.71 bits per heavy atom. The Morgan fingerprint density at radius 3 is 2.37 bits per heavy atom. The van der Waals surface area contributed by atoms with Gasteiger partial charge in [-0.2, -0.15) is 16.8 Å². The van der Waals surface area contributed by atoms with Gasteiger partial charge in [-0.15, -0.1) is 0 Å². The van der Waals surface area contributed by atoms with E-state index in [1.54, 1.807) is 12.1 Å². The summed E-state index contributed by atoms with van der Waals surface area (Å²) in [5, 5.41) is 3.57. The normalized spacial score (nSPS) is 11.9. The molecule has 0 unspecified atom stereocenters. The molecule has 0 saturated carbocycles. The van der Waals surface area contributed by atoms with E-state index in [4.69, 9.17) is 19.8 Å². The number of amides is 1. The van der Waals surface area contributed by atoms with Crippen LogP contribution >= 0.6 is 0 Å². The van der Waals surface area contributed by atoms with E-state index in [2.05, 4.69) is 5.32 Å². The molecule has 0 atom stereocenters. The quantitative estimate of drug-likeness (QED) is 0.175. The second-order valence-corrected chi connectivity index (χ2v) is 10.6. The van der Waals surface area contributed by atoms with Gasteiger partial charge < -0.3 is 20.5 Å². The summed E-state index contributed by atoms with van der Waals surface area (Å²) in [4.78, 5) is 12.3. The number of unbranched alkanes of at least 4 members (excludes halogenated alkanes) is 1. The van der Waals surface area contributed by atoms with Gasteiger partial charge in [-0.3, -0.25) is 13.9 Å². The van der Waals surface area contributed by atoms with E-state index in [1.807, 2.05) is 0 Å². The molecule has 11 nitrogen and oxygen atoms in total. The lowest BCUT2D eigenvalue weighted by Gasteiger charge is -2.13. The number of carbonyl (C=O) groups is 1. The molecular weight excluding hydrogens is 500 g/mol. The van der Waals surface area contributed by atoms with Gasteiger partial charge in [0.15, 0.2) is 0 Å². The fourth-order valence-electron chi connectivity index (χ4n) is 3.28. The number of benzene rings is 3. The molecule has 0 fully saturated rings. The van der Waals surface area contributed by atoms with Gasteiger partial charge in [-0.25, -0.2) is 0 Å². The third-order valence-corrected chi connectivity index (χ3v) is 6.63. The van der Waals surface area contributed by atoms with Crippen LogP contribution in [-0.4, -0.2) is 51.3 Å². The van der Waals surface area contributed by atoms with Crippen molar-refractivity contribution in [2.45, 2.75) is 17.7 Å². The Balaban J connectivity index is 1.87. The molecule has 0 aliphatic heterocycles. The second-order valence-electron chi connectivity index (χ2n) is 7.58. The largest absolute Gasteiger partial charge is 0.495 e. The minimum Gasteiger partial charge on any atom is -0.495 e. The lowest BCUT2D eigenvalue weighted by Crippen LogP contribution is -2.12. The first-order chi connectivity index (χ1) is 16.4. The van der Waals surface area contributed by atoms with Crippen LogP contribution in [0.1, 0.15) is 23.2 Å². The summed E-state index contributed by atoms with van der Waals surface area (Å²) in [6, 6.07) is 11.6. The van der Waals surface area contributed by atoms with Crippen molar-refractivity contribution in [2.24, 2.45) is 0 Å². The Labute approximate surface area is 202 Å². The van der Waals surface area contributed by atoms with Crippen molar-refractivity contribution in [1.82, 2.24) is 0 Å². The van der Waals surface area contributed by atoms with Crippen molar-refractivity contribution in [1.29, 1.82) is 0 Å². The summed E-state index contributed by atoms with van der Waals surface area (Å²) in [6.07, 6.45) is 0.414. The van der Waals surface area contributed by atoms with Gasteiger partial charge in [0.05, 0.1) is 30.1 Å². The number of hydrogen-bond donors (Lipinski definition) is 4. The van der Waals surface area contributed by atoms with Crippen LogP contribution in [0, 0.1) is 0 Å². The van der Waals surface area contributed by atoms with Gasteiger partial charge in [-0.05, 0) is 60.7 Å². The van der Waals surface area contributed by atoms with Crippen LogP contribution in [0.2, 0.25) is 0 Å².